The highest BCUT2D eigenvalue weighted by Gasteiger charge is 2.23. The summed E-state index contributed by atoms with van der Waals surface area (Å²) in [5.41, 5.74) is 4.59. The molecule has 3 rings (SSSR count). The fourth-order valence-corrected chi connectivity index (χ4v) is 2.56. The van der Waals surface area contributed by atoms with Crippen LogP contribution >= 0.6 is 0 Å². The molecular weight excluding hydrogens is 250 g/mol. The zero-order chi connectivity index (χ0) is 14.1. The summed E-state index contributed by atoms with van der Waals surface area (Å²) in [7, 11) is 1.70. The van der Waals surface area contributed by atoms with Gasteiger partial charge < -0.3 is 14.8 Å². The summed E-state index contributed by atoms with van der Waals surface area (Å²) in [5, 5.41) is 3.44. The second-order valence-corrected chi connectivity index (χ2v) is 5.23. The van der Waals surface area contributed by atoms with Gasteiger partial charge in [0.15, 0.2) is 0 Å². The van der Waals surface area contributed by atoms with E-state index in [1.165, 1.54) is 11.1 Å². The van der Waals surface area contributed by atoms with Crippen molar-refractivity contribution in [2.45, 2.75) is 20.0 Å². The van der Waals surface area contributed by atoms with E-state index in [2.05, 4.69) is 43.4 Å². The molecule has 1 N–H and O–H groups in total. The van der Waals surface area contributed by atoms with E-state index >= 15 is 0 Å². The Labute approximate surface area is 119 Å². The van der Waals surface area contributed by atoms with Gasteiger partial charge >= 0.3 is 0 Å². The standard InChI is InChI=1S/C17H19NO2/c1-11-4-6-15(19-3)13(8-11)17-10-18-14-9-12(2)5-7-16(14)20-17/h4-9,17-18H,10H2,1-3H3. The van der Waals surface area contributed by atoms with Crippen LogP contribution in [0.4, 0.5) is 5.69 Å². The van der Waals surface area contributed by atoms with Gasteiger partial charge in [-0.25, -0.2) is 0 Å². The quantitative estimate of drug-likeness (QED) is 0.898. The summed E-state index contributed by atoms with van der Waals surface area (Å²) in [6, 6.07) is 12.4. The number of ether oxygens (including phenoxy) is 2. The Hall–Kier alpha value is -2.16. The lowest BCUT2D eigenvalue weighted by Gasteiger charge is -2.29. The molecule has 0 spiro atoms. The molecule has 104 valence electrons. The third-order valence-electron chi connectivity index (χ3n) is 3.61. The fourth-order valence-electron chi connectivity index (χ4n) is 2.56. The first-order valence-corrected chi connectivity index (χ1v) is 6.83. The van der Waals surface area contributed by atoms with Gasteiger partial charge in [0, 0.05) is 5.56 Å². The summed E-state index contributed by atoms with van der Waals surface area (Å²) in [5.74, 6) is 1.77. The Morgan fingerprint density at radius 3 is 2.65 bits per heavy atom. The van der Waals surface area contributed by atoms with Crippen LogP contribution in [-0.4, -0.2) is 13.7 Å². The fraction of sp³-hybridized carbons (Fsp3) is 0.294. The molecule has 20 heavy (non-hydrogen) atoms. The average Bonchev–Trinajstić information content (AvgIpc) is 2.46. The highest BCUT2D eigenvalue weighted by atomic mass is 16.5. The van der Waals surface area contributed by atoms with Crippen LogP contribution in [0.3, 0.4) is 0 Å². The Balaban J connectivity index is 1.94. The minimum atomic E-state index is -0.0277. The van der Waals surface area contributed by atoms with Crippen molar-refractivity contribution in [1.29, 1.82) is 0 Å². The van der Waals surface area contributed by atoms with Crippen molar-refractivity contribution in [2.75, 3.05) is 19.0 Å². The average molecular weight is 269 g/mol. The van der Waals surface area contributed by atoms with E-state index in [1.807, 2.05) is 12.1 Å². The molecule has 1 atom stereocenters. The van der Waals surface area contributed by atoms with Crippen LogP contribution in [0, 0.1) is 13.8 Å². The Bertz CT molecular complexity index is 637. The van der Waals surface area contributed by atoms with Gasteiger partial charge in [0.2, 0.25) is 0 Å². The Morgan fingerprint density at radius 1 is 1.10 bits per heavy atom. The van der Waals surface area contributed by atoms with Gasteiger partial charge in [-0.15, -0.1) is 0 Å². The van der Waals surface area contributed by atoms with Gasteiger partial charge in [0.05, 0.1) is 19.3 Å². The van der Waals surface area contributed by atoms with E-state index in [9.17, 15) is 0 Å². The molecule has 1 aliphatic rings. The third-order valence-corrected chi connectivity index (χ3v) is 3.61. The summed E-state index contributed by atoms with van der Waals surface area (Å²) in [6.07, 6.45) is -0.0277. The lowest BCUT2D eigenvalue weighted by atomic mass is 10.0. The van der Waals surface area contributed by atoms with Crippen molar-refractivity contribution in [3.63, 3.8) is 0 Å². The molecule has 3 nitrogen and oxygen atoms in total. The van der Waals surface area contributed by atoms with Gasteiger partial charge in [0.1, 0.15) is 17.6 Å². The van der Waals surface area contributed by atoms with Crippen LogP contribution in [0.2, 0.25) is 0 Å². The number of fused-ring (bicyclic) bond motifs is 1. The highest BCUT2D eigenvalue weighted by molar-refractivity contribution is 5.60. The van der Waals surface area contributed by atoms with Crippen LogP contribution in [-0.2, 0) is 0 Å². The molecule has 2 aromatic carbocycles. The van der Waals surface area contributed by atoms with Crippen molar-refractivity contribution in [3.05, 3.63) is 53.1 Å². The van der Waals surface area contributed by atoms with Crippen LogP contribution in [0.15, 0.2) is 36.4 Å². The topological polar surface area (TPSA) is 30.5 Å². The van der Waals surface area contributed by atoms with Crippen LogP contribution < -0.4 is 14.8 Å². The molecule has 0 bridgehead atoms. The predicted molar refractivity (Wildman–Crippen MR) is 80.8 cm³/mol. The second kappa shape index (κ2) is 5.08. The van der Waals surface area contributed by atoms with Crippen LogP contribution in [0.5, 0.6) is 11.5 Å². The number of hydrogen-bond donors (Lipinski definition) is 1. The minimum absolute atomic E-state index is 0.0277. The summed E-state index contributed by atoms with van der Waals surface area (Å²) in [4.78, 5) is 0. The van der Waals surface area contributed by atoms with Gasteiger partial charge in [0.25, 0.3) is 0 Å². The largest absolute Gasteiger partial charge is 0.496 e. The number of anilines is 1. The first-order chi connectivity index (χ1) is 9.67. The smallest absolute Gasteiger partial charge is 0.145 e. The maximum Gasteiger partial charge on any atom is 0.145 e. The zero-order valence-corrected chi connectivity index (χ0v) is 12.1. The van der Waals surface area contributed by atoms with Gasteiger partial charge in [-0.1, -0.05) is 17.7 Å². The Kier molecular flexibility index (Phi) is 3.26. The van der Waals surface area contributed by atoms with Crippen molar-refractivity contribution < 1.29 is 9.47 Å². The van der Waals surface area contributed by atoms with Gasteiger partial charge in [-0.05, 0) is 43.7 Å². The summed E-state index contributed by atoms with van der Waals surface area (Å²) < 4.78 is 11.6. The monoisotopic (exact) mass is 269 g/mol. The number of methoxy groups -OCH3 is 1. The summed E-state index contributed by atoms with van der Waals surface area (Å²) >= 11 is 0. The molecule has 0 aliphatic carbocycles. The molecule has 0 saturated carbocycles. The summed E-state index contributed by atoms with van der Waals surface area (Å²) in [6.45, 7) is 4.91. The minimum Gasteiger partial charge on any atom is -0.496 e. The van der Waals surface area contributed by atoms with Crippen LogP contribution in [0.1, 0.15) is 22.8 Å². The Morgan fingerprint density at radius 2 is 1.85 bits per heavy atom. The predicted octanol–water partition coefficient (Wildman–Crippen LogP) is 3.86. The first-order valence-electron chi connectivity index (χ1n) is 6.83. The third kappa shape index (κ3) is 2.31. The molecular formula is C17H19NO2. The molecule has 1 heterocycles. The second-order valence-electron chi connectivity index (χ2n) is 5.23. The zero-order valence-electron chi connectivity index (χ0n) is 12.1. The molecule has 0 radical (unpaired) electrons. The molecule has 1 unspecified atom stereocenters. The first kappa shape index (κ1) is 12.9. The molecule has 1 aliphatic heterocycles. The number of nitrogens with one attached hydrogen (secondary N) is 1. The van der Waals surface area contributed by atoms with Gasteiger partial charge in [-0.3, -0.25) is 0 Å². The maximum atomic E-state index is 6.13. The van der Waals surface area contributed by atoms with E-state index in [0.29, 0.717) is 0 Å². The van der Waals surface area contributed by atoms with Crippen molar-refractivity contribution in [2.24, 2.45) is 0 Å². The number of aryl methyl sites for hydroxylation is 2. The maximum absolute atomic E-state index is 6.13. The molecule has 2 aromatic rings. The normalized spacial score (nSPS) is 16.9. The molecule has 0 aromatic heterocycles. The van der Waals surface area contributed by atoms with Crippen molar-refractivity contribution in [1.82, 2.24) is 0 Å². The lowest BCUT2D eigenvalue weighted by molar-refractivity contribution is 0.205. The number of hydrogen-bond acceptors (Lipinski definition) is 3. The lowest BCUT2D eigenvalue weighted by Crippen LogP contribution is -2.24. The highest BCUT2D eigenvalue weighted by Crippen LogP contribution is 2.37. The SMILES string of the molecule is COc1ccc(C)cc1C1CNc2cc(C)ccc2O1. The van der Waals surface area contributed by atoms with E-state index in [4.69, 9.17) is 9.47 Å². The van der Waals surface area contributed by atoms with E-state index in [-0.39, 0.29) is 6.10 Å². The van der Waals surface area contributed by atoms with E-state index < -0.39 is 0 Å². The number of benzene rings is 2. The molecule has 0 amide bonds. The van der Waals surface area contributed by atoms with E-state index in [1.54, 1.807) is 7.11 Å². The molecule has 0 saturated heterocycles. The van der Waals surface area contributed by atoms with Crippen molar-refractivity contribution >= 4 is 5.69 Å². The number of rotatable bonds is 2. The van der Waals surface area contributed by atoms with E-state index in [0.717, 1.165) is 29.3 Å². The van der Waals surface area contributed by atoms with Crippen molar-refractivity contribution in [3.8, 4) is 11.5 Å². The molecule has 3 heteroatoms. The van der Waals surface area contributed by atoms with Gasteiger partial charge in [-0.2, -0.15) is 0 Å². The molecule has 0 fully saturated rings. The van der Waals surface area contributed by atoms with Crippen LogP contribution in [0.25, 0.3) is 0 Å².